The Morgan fingerprint density at radius 1 is 1.08 bits per heavy atom. The topological polar surface area (TPSA) is 118 Å². The Labute approximate surface area is 213 Å². The fourth-order valence-corrected chi connectivity index (χ4v) is 6.52. The molecule has 1 aromatic carbocycles. The maximum absolute atomic E-state index is 15.0. The first-order valence-electron chi connectivity index (χ1n) is 11.3. The number of halogens is 5. The van der Waals surface area contributed by atoms with Crippen molar-refractivity contribution in [1.82, 2.24) is 29.6 Å². The van der Waals surface area contributed by atoms with Crippen molar-refractivity contribution in [3.8, 4) is 11.3 Å². The van der Waals surface area contributed by atoms with Crippen LogP contribution in [0.3, 0.4) is 0 Å². The monoisotopic (exact) mass is 554 g/mol. The summed E-state index contributed by atoms with van der Waals surface area (Å²) in [6.07, 6.45) is -3.06. The summed E-state index contributed by atoms with van der Waals surface area (Å²) in [6, 6.07) is 4.13. The Balaban J connectivity index is 1.33. The van der Waals surface area contributed by atoms with Crippen molar-refractivity contribution >= 4 is 15.9 Å². The van der Waals surface area contributed by atoms with Crippen LogP contribution in [0.5, 0.6) is 0 Å². The molecule has 1 aliphatic heterocycles. The number of hydrogen-bond donors (Lipinski definition) is 1. The van der Waals surface area contributed by atoms with Crippen molar-refractivity contribution in [2.24, 2.45) is 0 Å². The Kier molecular flexibility index (Phi) is 6.38. The second-order valence-electron chi connectivity index (χ2n) is 8.98. The number of sulfonamides is 1. The van der Waals surface area contributed by atoms with Gasteiger partial charge in [-0.05, 0) is 43.2 Å². The zero-order valence-electron chi connectivity index (χ0n) is 19.4. The SMILES string of the molecule is O=C(NCc1cc(-c2cnc(C(F)(F)F)nc2)ncn1)[C@@H]1C[C@@H](F)C2(CC2)N1S(=O)(=O)c1ccc(F)cc1. The van der Waals surface area contributed by atoms with Crippen molar-refractivity contribution in [3.05, 3.63) is 66.4 Å². The van der Waals surface area contributed by atoms with E-state index in [-0.39, 0.29) is 47.7 Å². The number of rotatable bonds is 6. The van der Waals surface area contributed by atoms with E-state index in [2.05, 4.69) is 25.3 Å². The van der Waals surface area contributed by atoms with E-state index in [0.717, 1.165) is 47.3 Å². The van der Waals surface area contributed by atoms with E-state index < -0.39 is 51.5 Å². The van der Waals surface area contributed by atoms with Gasteiger partial charge in [-0.15, -0.1) is 0 Å². The van der Waals surface area contributed by atoms with E-state index in [1.165, 1.54) is 6.07 Å². The summed E-state index contributed by atoms with van der Waals surface area (Å²) < 4.78 is 94.1. The molecule has 2 fully saturated rings. The second-order valence-corrected chi connectivity index (χ2v) is 10.8. The minimum atomic E-state index is -4.70. The van der Waals surface area contributed by atoms with Crippen LogP contribution in [-0.2, 0) is 27.5 Å². The minimum absolute atomic E-state index is 0.177. The van der Waals surface area contributed by atoms with Gasteiger partial charge in [-0.3, -0.25) is 4.79 Å². The summed E-state index contributed by atoms with van der Waals surface area (Å²) in [5.41, 5.74) is -0.691. The van der Waals surface area contributed by atoms with Crippen LogP contribution in [-0.4, -0.2) is 56.3 Å². The van der Waals surface area contributed by atoms with Crippen molar-refractivity contribution in [2.45, 2.75) is 54.6 Å². The molecular formula is C23H19F5N6O3S. The van der Waals surface area contributed by atoms with E-state index in [1.807, 2.05) is 0 Å². The van der Waals surface area contributed by atoms with Gasteiger partial charge >= 0.3 is 6.18 Å². The minimum Gasteiger partial charge on any atom is -0.349 e. The molecule has 0 unspecified atom stereocenters. The second kappa shape index (κ2) is 9.31. The van der Waals surface area contributed by atoms with Gasteiger partial charge in [0.1, 0.15) is 24.4 Å². The first-order chi connectivity index (χ1) is 17.9. The summed E-state index contributed by atoms with van der Waals surface area (Å²) in [5.74, 6) is -2.70. The van der Waals surface area contributed by atoms with Gasteiger partial charge in [0, 0.05) is 24.4 Å². The molecule has 5 rings (SSSR count). The average molecular weight is 555 g/mol. The van der Waals surface area contributed by atoms with Gasteiger partial charge in [0.05, 0.1) is 28.4 Å². The molecule has 1 saturated carbocycles. The van der Waals surface area contributed by atoms with Crippen molar-refractivity contribution in [1.29, 1.82) is 0 Å². The molecule has 200 valence electrons. The molecule has 2 aromatic heterocycles. The molecule has 1 amide bonds. The van der Waals surface area contributed by atoms with Crippen LogP contribution < -0.4 is 5.32 Å². The maximum atomic E-state index is 15.0. The number of nitrogens with zero attached hydrogens (tertiary/aromatic N) is 5. The van der Waals surface area contributed by atoms with Gasteiger partial charge < -0.3 is 5.32 Å². The summed E-state index contributed by atoms with van der Waals surface area (Å²) in [4.78, 5) is 27.4. The van der Waals surface area contributed by atoms with Crippen LogP contribution in [0.2, 0.25) is 0 Å². The zero-order chi connectivity index (χ0) is 27.3. The molecule has 38 heavy (non-hydrogen) atoms. The lowest BCUT2D eigenvalue weighted by molar-refractivity contribution is -0.145. The first-order valence-corrected chi connectivity index (χ1v) is 12.8. The molecule has 9 nitrogen and oxygen atoms in total. The van der Waals surface area contributed by atoms with Crippen LogP contribution in [0.1, 0.15) is 30.8 Å². The Bertz CT molecular complexity index is 1460. The van der Waals surface area contributed by atoms with Crippen LogP contribution in [0.25, 0.3) is 11.3 Å². The third-order valence-corrected chi connectivity index (χ3v) is 8.54. The van der Waals surface area contributed by atoms with E-state index in [0.29, 0.717) is 0 Å². The van der Waals surface area contributed by atoms with Crippen molar-refractivity contribution in [2.75, 3.05) is 0 Å². The van der Waals surface area contributed by atoms with Gasteiger partial charge in [0.2, 0.25) is 21.8 Å². The molecule has 1 N–H and O–H groups in total. The fourth-order valence-electron chi connectivity index (χ4n) is 4.52. The quantitative estimate of drug-likeness (QED) is 0.466. The number of aromatic nitrogens is 4. The third kappa shape index (κ3) is 4.71. The molecule has 1 spiro atoms. The van der Waals surface area contributed by atoms with Gasteiger partial charge in [-0.25, -0.2) is 37.1 Å². The lowest BCUT2D eigenvalue weighted by Gasteiger charge is -2.29. The Hall–Kier alpha value is -3.59. The standard InChI is InChI=1S/C23H19F5N6O3S/c24-14-1-3-16(4-2-14)38(36,37)34-18(8-19(25)22(34)5-6-22)20(35)29-11-15-7-17(33-12-32-15)13-9-30-21(31-10-13)23(26,27)28/h1-4,7,9-10,12,18-19H,5-6,8,11H2,(H,29,35)/t18-,19+/m0/s1. The highest BCUT2D eigenvalue weighted by Gasteiger charge is 2.67. The number of carbonyl (C=O) groups is 1. The van der Waals surface area contributed by atoms with Gasteiger partial charge in [-0.2, -0.15) is 17.5 Å². The number of alkyl halides is 4. The van der Waals surface area contributed by atoms with Gasteiger partial charge in [0.25, 0.3) is 0 Å². The summed E-state index contributed by atoms with van der Waals surface area (Å²) in [5, 5.41) is 2.56. The first kappa shape index (κ1) is 26.0. The molecule has 3 aromatic rings. The fraction of sp³-hybridized carbons (Fsp3) is 0.348. The van der Waals surface area contributed by atoms with Gasteiger partial charge in [-0.1, -0.05) is 0 Å². The molecule has 0 radical (unpaired) electrons. The Morgan fingerprint density at radius 3 is 2.34 bits per heavy atom. The van der Waals surface area contributed by atoms with E-state index in [4.69, 9.17) is 0 Å². The molecule has 1 saturated heterocycles. The van der Waals surface area contributed by atoms with Crippen LogP contribution >= 0.6 is 0 Å². The van der Waals surface area contributed by atoms with E-state index in [9.17, 15) is 35.2 Å². The van der Waals surface area contributed by atoms with E-state index >= 15 is 0 Å². The van der Waals surface area contributed by atoms with Crippen LogP contribution in [0.15, 0.2) is 53.9 Å². The number of hydrogen-bond acceptors (Lipinski definition) is 7. The molecule has 15 heteroatoms. The van der Waals surface area contributed by atoms with Crippen molar-refractivity contribution in [3.63, 3.8) is 0 Å². The smallest absolute Gasteiger partial charge is 0.349 e. The molecule has 2 atom stereocenters. The summed E-state index contributed by atoms with van der Waals surface area (Å²) in [7, 11) is -4.32. The van der Waals surface area contributed by atoms with Crippen LogP contribution in [0, 0.1) is 5.82 Å². The maximum Gasteiger partial charge on any atom is 0.451 e. The molecular weight excluding hydrogens is 535 g/mol. The highest BCUT2D eigenvalue weighted by molar-refractivity contribution is 7.89. The number of amides is 1. The lowest BCUT2D eigenvalue weighted by Crippen LogP contribution is -2.50. The van der Waals surface area contributed by atoms with Crippen LogP contribution in [0.4, 0.5) is 22.0 Å². The summed E-state index contributed by atoms with van der Waals surface area (Å²) >= 11 is 0. The largest absolute Gasteiger partial charge is 0.451 e. The molecule has 1 aliphatic carbocycles. The summed E-state index contributed by atoms with van der Waals surface area (Å²) in [6.45, 7) is -0.194. The highest BCUT2D eigenvalue weighted by Crippen LogP contribution is 2.55. The predicted octanol–water partition coefficient (Wildman–Crippen LogP) is 3.04. The Morgan fingerprint density at radius 2 is 1.74 bits per heavy atom. The number of benzene rings is 1. The molecule has 2 aliphatic rings. The zero-order valence-corrected chi connectivity index (χ0v) is 20.2. The third-order valence-electron chi connectivity index (χ3n) is 6.54. The lowest BCUT2D eigenvalue weighted by atomic mass is 10.1. The molecule has 3 heterocycles. The number of nitrogens with one attached hydrogen (secondary N) is 1. The number of carbonyl (C=O) groups excluding carboxylic acids is 1. The average Bonchev–Trinajstić information content (AvgIpc) is 3.62. The highest BCUT2D eigenvalue weighted by atomic mass is 32.2. The van der Waals surface area contributed by atoms with Gasteiger partial charge in [0.15, 0.2) is 0 Å². The molecule has 0 bridgehead atoms. The normalized spacial score (nSPS) is 21.0. The van der Waals surface area contributed by atoms with Crippen molar-refractivity contribution < 1.29 is 35.2 Å². The van der Waals surface area contributed by atoms with E-state index in [1.54, 1.807) is 0 Å². The predicted molar refractivity (Wildman–Crippen MR) is 121 cm³/mol.